The SMILES string of the molecule is CC(N)c1ccc2ccccc2c1OC1CCCC1. The molecule has 2 heteroatoms. The van der Waals surface area contributed by atoms with E-state index in [1.165, 1.54) is 36.5 Å². The first-order valence-electron chi connectivity index (χ1n) is 7.19. The van der Waals surface area contributed by atoms with Gasteiger partial charge in [0.2, 0.25) is 0 Å². The Morgan fingerprint density at radius 2 is 1.84 bits per heavy atom. The molecule has 0 radical (unpaired) electrons. The number of nitrogens with two attached hydrogens (primary N) is 1. The van der Waals surface area contributed by atoms with E-state index in [1.54, 1.807) is 0 Å². The molecule has 2 N–H and O–H groups in total. The maximum atomic E-state index is 6.30. The Kier molecular flexibility index (Phi) is 3.43. The van der Waals surface area contributed by atoms with E-state index in [0.29, 0.717) is 6.10 Å². The zero-order valence-corrected chi connectivity index (χ0v) is 11.4. The third-order valence-electron chi connectivity index (χ3n) is 3.99. The largest absolute Gasteiger partial charge is 0.489 e. The smallest absolute Gasteiger partial charge is 0.132 e. The molecule has 0 aliphatic heterocycles. The topological polar surface area (TPSA) is 35.2 Å². The molecule has 1 aliphatic carbocycles. The van der Waals surface area contributed by atoms with Crippen LogP contribution in [0.5, 0.6) is 5.75 Å². The minimum atomic E-state index is 0.000934. The number of hydrogen-bond donors (Lipinski definition) is 1. The van der Waals surface area contributed by atoms with E-state index in [2.05, 4.69) is 36.4 Å². The van der Waals surface area contributed by atoms with Gasteiger partial charge in [0.15, 0.2) is 0 Å². The summed E-state index contributed by atoms with van der Waals surface area (Å²) < 4.78 is 6.30. The van der Waals surface area contributed by atoms with Crippen molar-refractivity contribution in [2.24, 2.45) is 5.73 Å². The van der Waals surface area contributed by atoms with Crippen LogP contribution in [0.1, 0.15) is 44.2 Å². The molecule has 0 heterocycles. The first kappa shape index (κ1) is 12.5. The fourth-order valence-corrected chi connectivity index (χ4v) is 2.92. The second-order valence-corrected chi connectivity index (χ2v) is 5.52. The standard InChI is InChI=1S/C17H21NO/c1-12(18)15-11-10-13-6-2-5-9-16(13)17(15)19-14-7-3-4-8-14/h2,5-6,9-12,14H,3-4,7-8,18H2,1H3. The molecular weight excluding hydrogens is 234 g/mol. The highest BCUT2D eigenvalue weighted by Crippen LogP contribution is 2.35. The van der Waals surface area contributed by atoms with Gasteiger partial charge in [0.05, 0.1) is 6.10 Å². The normalized spacial score (nSPS) is 17.8. The lowest BCUT2D eigenvalue weighted by Gasteiger charge is -2.20. The fourth-order valence-electron chi connectivity index (χ4n) is 2.92. The minimum Gasteiger partial charge on any atom is -0.489 e. The lowest BCUT2D eigenvalue weighted by atomic mass is 10.0. The molecule has 1 saturated carbocycles. The maximum absolute atomic E-state index is 6.30. The average Bonchev–Trinajstić information content (AvgIpc) is 2.92. The minimum absolute atomic E-state index is 0.000934. The van der Waals surface area contributed by atoms with Crippen LogP contribution in [0.25, 0.3) is 10.8 Å². The zero-order chi connectivity index (χ0) is 13.2. The zero-order valence-electron chi connectivity index (χ0n) is 11.4. The Morgan fingerprint density at radius 1 is 1.11 bits per heavy atom. The van der Waals surface area contributed by atoms with E-state index >= 15 is 0 Å². The molecule has 2 aromatic rings. The number of rotatable bonds is 3. The molecule has 1 atom stereocenters. The van der Waals surface area contributed by atoms with Crippen molar-refractivity contribution in [2.75, 3.05) is 0 Å². The van der Waals surface area contributed by atoms with Crippen LogP contribution in [0.3, 0.4) is 0 Å². The summed E-state index contributed by atoms with van der Waals surface area (Å²) in [5.41, 5.74) is 7.22. The molecule has 1 unspecified atom stereocenters. The van der Waals surface area contributed by atoms with Gasteiger partial charge in [-0.2, -0.15) is 0 Å². The predicted molar refractivity (Wildman–Crippen MR) is 79.4 cm³/mol. The number of benzene rings is 2. The van der Waals surface area contributed by atoms with Crippen LogP contribution in [-0.2, 0) is 0 Å². The van der Waals surface area contributed by atoms with Crippen molar-refractivity contribution < 1.29 is 4.74 Å². The summed E-state index contributed by atoms with van der Waals surface area (Å²) in [6, 6.07) is 12.6. The Morgan fingerprint density at radius 3 is 2.58 bits per heavy atom. The molecule has 1 aliphatic rings. The van der Waals surface area contributed by atoms with Gasteiger partial charge in [0.1, 0.15) is 5.75 Å². The van der Waals surface area contributed by atoms with Crippen molar-refractivity contribution in [2.45, 2.75) is 44.8 Å². The Labute approximate surface area is 114 Å². The van der Waals surface area contributed by atoms with Gasteiger partial charge in [-0.05, 0) is 38.0 Å². The third kappa shape index (κ3) is 2.45. The van der Waals surface area contributed by atoms with Gasteiger partial charge in [0.25, 0.3) is 0 Å². The predicted octanol–water partition coefficient (Wildman–Crippen LogP) is 4.18. The lowest BCUT2D eigenvalue weighted by Crippen LogP contribution is -2.15. The lowest BCUT2D eigenvalue weighted by molar-refractivity contribution is 0.210. The number of ether oxygens (including phenoxy) is 1. The van der Waals surface area contributed by atoms with Crippen molar-refractivity contribution in [1.82, 2.24) is 0 Å². The van der Waals surface area contributed by atoms with Crippen molar-refractivity contribution >= 4 is 10.8 Å². The van der Waals surface area contributed by atoms with Crippen LogP contribution in [0.4, 0.5) is 0 Å². The molecule has 0 saturated heterocycles. The second kappa shape index (κ2) is 5.22. The number of fused-ring (bicyclic) bond motifs is 1. The van der Waals surface area contributed by atoms with Gasteiger partial charge >= 0.3 is 0 Å². The van der Waals surface area contributed by atoms with Gasteiger partial charge in [0, 0.05) is 17.0 Å². The van der Waals surface area contributed by atoms with E-state index in [0.717, 1.165) is 11.3 Å². The monoisotopic (exact) mass is 255 g/mol. The van der Waals surface area contributed by atoms with E-state index in [9.17, 15) is 0 Å². The summed E-state index contributed by atoms with van der Waals surface area (Å²) in [4.78, 5) is 0. The van der Waals surface area contributed by atoms with E-state index < -0.39 is 0 Å². The highest BCUT2D eigenvalue weighted by atomic mass is 16.5. The van der Waals surface area contributed by atoms with Crippen molar-refractivity contribution in [3.05, 3.63) is 42.0 Å². The summed E-state index contributed by atoms with van der Waals surface area (Å²) in [6.07, 6.45) is 5.26. The van der Waals surface area contributed by atoms with Crippen molar-refractivity contribution in [3.8, 4) is 5.75 Å². The molecule has 100 valence electrons. The summed E-state index contributed by atoms with van der Waals surface area (Å²) in [6.45, 7) is 2.02. The quantitative estimate of drug-likeness (QED) is 0.893. The van der Waals surface area contributed by atoms with Crippen LogP contribution >= 0.6 is 0 Å². The highest BCUT2D eigenvalue weighted by Gasteiger charge is 2.20. The molecule has 2 nitrogen and oxygen atoms in total. The van der Waals surface area contributed by atoms with E-state index in [1.807, 2.05) is 6.92 Å². The second-order valence-electron chi connectivity index (χ2n) is 5.52. The Hall–Kier alpha value is -1.54. The summed E-state index contributed by atoms with van der Waals surface area (Å²) in [5, 5.41) is 2.41. The third-order valence-corrected chi connectivity index (χ3v) is 3.99. The molecule has 0 spiro atoms. The molecular formula is C17H21NO. The molecule has 19 heavy (non-hydrogen) atoms. The van der Waals surface area contributed by atoms with Crippen molar-refractivity contribution in [1.29, 1.82) is 0 Å². The Bertz CT molecular complexity index is 570. The van der Waals surface area contributed by atoms with Gasteiger partial charge in [-0.15, -0.1) is 0 Å². The van der Waals surface area contributed by atoms with Gasteiger partial charge < -0.3 is 10.5 Å². The van der Waals surface area contributed by atoms with Gasteiger partial charge in [-0.3, -0.25) is 0 Å². The molecule has 0 aromatic heterocycles. The first-order chi connectivity index (χ1) is 9.25. The van der Waals surface area contributed by atoms with Crippen LogP contribution in [0.2, 0.25) is 0 Å². The molecule has 2 aromatic carbocycles. The van der Waals surface area contributed by atoms with Gasteiger partial charge in [-0.1, -0.05) is 36.4 Å². The fraction of sp³-hybridized carbons (Fsp3) is 0.412. The molecule has 0 amide bonds. The van der Waals surface area contributed by atoms with Crippen LogP contribution in [0, 0.1) is 0 Å². The van der Waals surface area contributed by atoms with Gasteiger partial charge in [-0.25, -0.2) is 0 Å². The van der Waals surface area contributed by atoms with Crippen LogP contribution in [0.15, 0.2) is 36.4 Å². The summed E-state index contributed by atoms with van der Waals surface area (Å²) in [5.74, 6) is 1.00. The molecule has 0 bridgehead atoms. The first-order valence-corrected chi connectivity index (χ1v) is 7.19. The van der Waals surface area contributed by atoms with Crippen LogP contribution < -0.4 is 10.5 Å². The molecule has 1 fully saturated rings. The van der Waals surface area contributed by atoms with E-state index in [-0.39, 0.29) is 6.04 Å². The Balaban J connectivity index is 2.08. The number of hydrogen-bond acceptors (Lipinski definition) is 2. The summed E-state index contributed by atoms with van der Waals surface area (Å²) >= 11 is 0. The average molecular weight is 255 g/mol. The van der Waals surface area contributed by atoms with E-state index in [4.69, 9.17) is 10.5 Å². The summed E-state index contributed by atoms with van der Waals surface area (Å²) in [7, 11) is 0. The molecule has 3 rings (SSSR count). The highest BCUT2D eigenvalue weighted by molar-refractivity contribution is 5.89. The maximum Gasteiger partial charge on any atom is 0.132 e. The van der Waals surface area contributed by atoms with Crippen molar-refractivity contribution in [3.63, 3.8) is 0 Å². The van der Waals surface area contributed by atoms with Crippen LogP contribution in [-0.4, -0.2) is 6.10 Å².